The van der Waals surface area contributed by atoms with E-state index in [4.69, 9.17) is 4.74 Å². The van der Waals surface area contributed by atoms with Crippen LogP contribution in [0.3, 0.4) is 0 Å². The summed E-state index contributed by atoms with van der Waals surface area (Å²) in [6, 6.07) is 28.3. The molecule has 0 radical (unpaired) electrons. The lowest BCUT2D eigenvalue weighted by atomic mass is 9.83. The molecule has 0 aliphatic carbocycles. The van der Waals surface area contributed by atoms with Gasteiger partial charge in [0.25, 0.3) is 0 Å². The molecule has 0 fully saturated rings. The summed E-state index contributed by atoms with van der Waals surface area (Å²) < 4.78 is 24.9. The smallest absolute Gasteiger partial charge is 0.180 e. The average molecular weight is 547 g/mol. The van der Waals surface area contributed by atoms with Gasteiger partial charge in [0.15, 0.2) is 5.60 Å². The van der Waals surface area contributed by atoms with E-state index in [0.717, 1.165) is 49.4 Å². The Morgan fingerprint density at radius 2 is 1.49 bits per heavy atom. The second-order valence-corrected chi connectivity index (χ2v) is 11.0. The summed E-state index contributed by atoms with van der Waals surface area (Å²) >= 11 is 0. The zero-order valence-electron chi connectivity index (χ0n) is 24.4. The van der Waals surface area contributed by atoms with Gasteiger partial charge < -0.3 is 14.2 Å². The number of aromatic nitrogens is 1. The Morgan fingerprint density at radius 3 is 2.20 bits per heavy atom. The molecule has 1 atom stereocenters. The van der Waals surface area contributed by atoms with E-state index in [0.29, 0.717) is 5.56 Å². The van der Waals surface area contributed by atoms with Crippen molar-refractivity contribution in [2.75, 3.05) is 18.0 Å². The van der Waals surface area contributed by atoms with E-state index in [-0.39, 0.29) is 5.82 Å². The summed E-state index contributed by atoms with van der Waals surface area (Å²) in [5, 5.41) is 2.38. The highest BCUT2D eigenvalue weighted by Gasteiger charge is 2.39. The fourth-order valence-electron chi connectivity index (χ4n) is 6.36. The predicted molar refractivity (Wildman–Crippen MR) is 170 cm³/mol. The number of ether oxygens (including phenoxy) is 1. The molecule has 2 heterocycles. The topological polar surface area (TPSA) is 17.4 Å². The van der Waals surface area contributed by atoms with Gasteiger partial charge in [0.05, 0.1) is 0 Å². The number of hydrogen-bond acceptors (Lipinski definition) is 2. The van der Waals surface area contributed by atoms with E-state index < -0.39 is 5.60 Å². The van der Waals surface area contributed by atoms with Crippen molar-refractivity contribution in [3.8, 4) is 5.75 Å². The quantitative estimate of drug-likeness (QED) is 0.173. The summed E-state index contributed by atoms with van der Waals surface area (Å²) in [6.07, 6.45) is 8.85. The Balaban J connectivity index is 1.48. The van der Waals surface area contributed by atoms with Gasteiger partial charge in [-0.3, -0.25) is 0 Å². The first-order chi connectivity index (χ1) is 20.1. The van der Waals surface area contributed by atoms with E-state index in [1.54, 1.807) is 6.07 Å². The van der Waals surface area contributed by atoms with Crippen molar-refractivity contribution in [3.05, 3.63) is 114 Å². The third-order valence-corrected chi connectivity index (χ3v) is 8.51. The number of halogens is 1. The molecular weight excluding hydrogens is 507 g/mol. The number of fused-ring (bicyclic) bond motifs is 5. The number of unbranched alkanes of at least 4 members (excludes halogenated alkanes) is 2. The van der Waals surface area contributed by atoms with Crippen LogP contribution in [0.2, 0.25) is 0 Å². The Labute approximate surface area is 242 Å². The van der Waals surface area contributed by atoms with E-state index >= 15 is 4.39 Å². The van der Waals surface area contributed by atoms with Gasteiger partial charge in [0.2, 0.25) is 0 Å². The monoisotopic (exact) mass is 546 g/mol. The van der Waals surface area contributed by atoms with Crippen molar-refractivity contribution in [3.63, 3.8) is 0 Å². The van der Waals surface area contributed by atoms with Crippen molar-refractivity contribution in [2.24, 2.45) is 0 Å². The van der Waals surface area contributed by atoms with Gasteiger partial charge in [-0.1, -0.05) is 75.2 Å². The van der Waals surface area contributed by atoms with Crippen LogP contribution in [0.15, 0.2) is 91.0 Å². The molecule has 210 valence electrons. The number of benzene rings is 4. The van der Waals surface area contributed by atoms with Gasteiger partial charge in [0.1, 0.15) is 11.6 Å². The third kappa shape index (κ3) is 4.69. The van der Waals surface area contributed by atoms with Gasteiger partial charge in [0, 0.05) is 63.8 Å². The Morgan fingerprint density at radius 1 is 0.780 bits per heavy atom. The summed E-state index contributed by atoms with van der Waals surface area (Å²) in [5.74, 6) is 0.486. The Kier molecular flexibility index (Phi) is 7.57. The highest BCUT2D eigenvalue weighted by Crippen LogP contribution is 2.46. The summed E-state index contributed by atoms with van der Waals surface area (Å²) in [5.41, 5.74) is 4.99. The van der Waals surface area contributed by atoms with Crippen LogP contribution >= 0.6 is 0 Å². The number of hydrogen-bond donors (Lipinski definition) is 0. The molecule has 4 heteroatoms. The fraction of sp³-hybridized carbons (Fsp3) is 0.297. The van der Waals surface area contributed by atoms with Crippen molar-refractivity contribution in [1.29, 1.82) is 0 Å². The van der Waals surface area contributed by atoms with Crippen LogP contribution in [0.1, 0.15) is 63.1 Å². The molecular formula is C37H39FN2O. The van der Waals surface area contributed by atoms with Gasteiger partial charge >= 0.3 is 0 Å². The molecule has 1 aliphatic heterocycles. The van der Waals surface area contributed by atoms with E-state index in [1.165, 1.54) is 46.4 Å². The molecule has 0 N–H and O–H groups in total. The summed E-state index contributed by atoms with van der Waals surface area (Å²) in [7, 11) is 0. The predicted octanol–water partition coefficient (Wildman–Crippen LogP) is 9.71. The number of para-hydroxylation sites is 1. The molecule has 0 amide bonds. The number of rotatable bonds is 10. The first-order valence-corrected chi connectivity index (χ1v) is 15.1. The van der Waals surface area contributed by atoms with Gasteiger partial charge in [-0.15, -0.1) is 0 Å². The molecule has 0 spiro atoms. The first-order valence-electron chi connectivity index (χ1n) is 15.1. The lowest BCUT2D eigenvalue weighted by Gasteiger charge is -2.37. The molecule has 5 aromatic rings. The van der Waals surface area contributed by atoms with Crippen LogP contribution < -0.4 is 9.64 Å². The molecule has 0 saturated heterocycles. The second kappa shape index (κ2) is 11.4. The van der Waals surface area contributed by atoms with Crippen molar-refractivity contribution in [2.45, 2.75) is 58.6 Å². The standard InChI is InChI=1S/C37H39FN2O/c1-4-7-25-39(26-8-5-2)28-19-17-27(18-20-28)37(31-14-10-11-15-32(31)38)24-23-30-35(41-37)22-21-34-36(30)29-13-9-12-16-33(29)40(34)6-3/h9-24H,4-8,25-26H2,1-3H3/t37-/m1/s1. The molecule has 1 aromatic heterocycles. The highest BCUT2D eigenvalue weighted by molar-refractivity contribution is 6.13. The van der Waals surface area contributed by atoms with Crippen LogP contribution in [0.4, 0.5) is 10.1 Å². The largest absolute Gasteiger partial charge is 0.473 e. The third-order valence-electron chi connectivity index (χ3n) is 8.51. The minimum atomic E-state index is -1.08. The molecule has 6 rings (SSSR count). The molecule has 0 unspecified atom stereocenters. The number of aryl methyl sites for hydroxylation is 1. The first kappa shape index (κ1) is 27.1. The molecule has 1 aliphatic rings. The number of nitrogens with zero attached hydrogens (tertiary/aromatic N) is 2. The van der Waals surface area contributed by atoms with E-state index in [2.05, 4.69) is 90.9 Å². The minimum absolute atomic E-state index is 0.277. The lowest BCUT2D eigenvalue weighted by Crippen LogP contribution is -2.35. The Hall–Kier alpha value is -4.05. The number of anilines is 1. The average Bonchev–Trinajstić information content (AvgIpc) is 3.35. The molecule has 0 bridgehead atoms. The van der Waals surface area contributed by atoms with Crippen LogP contribution in [-0.4, -0.2) is 17.7 Å². The minimum Gasteiger partial charge on any atom is -0.473 e. The lowest BCUT2D eigenvalue weighted by molar-refractivity contribution is 0.156. The molecule has 4 aromatic carbocycles. The molecule has 41 heavy (non-hydrogen) atoms. The van der Waals surface area contributed by atoms with E-state index in [1.807, 2.05) is 24.3 Å². The molecule has 3 nitrogen and oxygen atoms in total. The SMILES string of the molecule is CCCCN(CCCC)c1ccc([C@@]2(c3ccccc3F)C=Cc3c(ccc4c3c3ccccc3n4CC)O2)cc1. The van der Waals surface area contributed by atoms with Crippen molar-refractivity contribution in [1.82, 2.24) is 4.57 Å². The van der Waals surface area contributed by atoms with Gasteiger partial charge in [-0.25, -0.2) is 4.39 Å². The van der Waals surface area contributed by atoms with Crippen molar-refractivity contribution >= 4 is 33.6 Å². The van der Waals surface area contributed by atoms with Crippen LogP contribution in [0.25, 0.3) is 27.9 Å². The zero-order chi connectivity index (χ0) is 28.4. The van der Waals surface area contributed by atoms with Gasteiger partial charge in [-0.05, 0) is 68.3 Å². The van der Waals surface area contributed by atoms with Crippen LogP contribution in [0.5, 0.6) is 5.75 Å². The van der Waals surface area contributed by atoms with Crippen LogP contribution in [0, 0.1) is 5.82 Å². The summed E-state index contributed by atoms with van der Waals surface area (Å²) in [6.45, 7) is 9.61. The maximum atomic E-state index is 15.6. The summed E-state index contributed by atoms with van der Waals surface area (Å²) in [4.78, 5) is 2.47. The maximum absolute atomic E-state index is 15.6. The van der Waals surface area contributed by atoms with Crippen LogP contribution in [-0.2, 0) is 12.1 Å². The second-order valence-electron chi connectivity index (χ2n) is 11.0. The highest BCUT2D eigenvalue weighted by atomic mass is 19.1. The normalized spacial score (nSPS) is 16.2. The zero-order valence-corrected chi connectivity index (χ0v) is 24.4. The maximum Gasteiger partial charge on any atom is 0.180 e. The van der Waals surface area contributed by atoms with E-state index in [9.17, 15) is 0 Å². The van der Waals surface area contributed by atoms with Gasteiger partial charge in [-0.2, -0.15) is 0 Å². The Bertz CT molecular complexity index is 1690. The van der Waals surface area contributed by atoms with Crippen molar-refractivity contribution < 1.29 is 9.13 Å². The molecule has 0 saturated carbocycles. The fourth-order valence-corrected chi connectivity index (χ4v) is 6.36.